The number of hydrogen-bond acceptors (Lipinski definition) is 3. The van der Waals surface area contributed by atoms with Crippen molar-refractivity contribution in [2.45, 2.75) is 26.4 Å². The van der Waals surface area contributed by atoms with Crippen molar-refractivity contribution in [1.29, 1.82) is 0 Å². The van der Waals surface area contributed by atoms with Crippen LogP contribution in [0.5, 0.6) is 0 Å². The number of rotatable bonds is 3. The Morgan fingerprint density at radius 2 is 2.40 bits per heavy atom. The highest BCUT2D eigenvalue weighted by atomic mass is 17.2. The molecule has 0 aliphatic rings. The fraction of sp³-hybridized carbons (Fsp3) is 0.571. The summed E-state index contributed by atoms with van der Waals surface area (Å²) in [6, 6.07) is 0. The molecule has 3 nitrogen and oxygen atoms in total. The van der Waals surface area contributed by atoms with E-state index in [0.717, 1.165) is 6.42 Å². The summed E-state index contributed by atoms with van der Waals surface area (Å²) in [4.78, 5) is 19.0. The molecule has 0 saturated heterocycles. The lowest BCUT2D eigenvalue weighted by Gasteiger charge is -2.05. The van der Waals surface area contributed by atoms with Crippen LogP contribution in [0.1, 0.15) is 20.3 Å². The highest BCUT2D eigenvalue weighted by Gasteiger charge is 2.02. The topological polar surface area (TPSA) is 35.5 Å². The van der Waals surface area contributed by atoms with Gasteiger partial charge in [-0.2, -0.15) is 4.89 Å². The van der Waals surface area contributed by atoms with Crippen LogP contribution >= 0.6 is 0 Å². The van der Waals surface area contributed by atoms with E-state index >= 15 is 0 Å². The molecule has 3 heteroatoms. The number of carbonyl (C=O) groups excluding carboxylic acids is 1. The molecule has 0 aliphatic carbocycles. The van der Waals surface area contributed by atoms with Crippen LogP contribution in [-0.4, -0.2) is 12.1 Å². The molecule has 0 aliphatic heterocycles. The molecular formula is C7H10O3. The summed E-state index contributed by atoms with van der Waals surface area (Å²) >= 11 is 0. The summed E-state index contributed by atoms with van der Waals surface area (Å²) in [7, 11) is 0. The molecular weight excluding hydrogens is 132 g/mol. The van der Waals surface area contributed by atoms with Crippen molar-refractivity contribution in [3.05, 3.63) is 0 Å². The summed E-state index contributed by atoms with van der Waals surface area (Å²) < 4.78 is 0. The average molecular weight is 142 g/mol. The van der Waals surface area contributed by atoms with Crippen molar-refractivity contribution < 1.29 is 14.6 Å². The summed E-state index contributed by atoms with van der Waals surface area (Å²) in [6.45, 7) is 3.69. The van der Waals surface area contributed by atoms with Gasteiger partial charge < -0.3 is 0 Å². The Kier molecular flexibility index (Phi) is 4.34. The van der Waals surface area contributed by atoms with Crippen molar-refractivity contribution in [3.63, 3.8) is 0 Å². The van der Waals surface area contributed by atoms with E-state index in [9.17, 15) is 4.79 Å². The normalized spacial score (nSPS) is 11.7. The molecule has 0 spiro atoms. The largest absolute Gasteiger partial charge is 0.416 e. The van der Waals surface area contributed by atoms with E-state index in [2.05, 4.69) is 9.78 Å². The van der Waals surface area contributed by atoms with E-state index in [1.807, 2.05) is 6.92 Å². The second kappa shape index (κ2) is 4.83. The summed E-state index contributed by atoms with van der Waals surface area (Å²) in [6.07, 6.45) is 5.37. The highest BCUT2D eigenvalue weighted by molar-refractivity contribution is 5.87. The van der Waals surface area contributed by atoms with E-state index in [4.69, 9.17) is 6.42 Å². The Morgan fingerprint density at radius 1 is 1.80 bits per heavy atom. The molecule has 0 saturated carbocycles. The molecule has 1 atom stereocenters. The van der Waals surface area contributed by atoms with Gasteiger partial charge in [0, 0.05) is 5.92 Å². The third-order valence-electron chi connectivity index (χ3n) is 0.981. The van der Waals surface area contributed by atoms with Gasteiger partial charge in [0.25, 0.3) is 0 Å². The summed E-state index contributed by atoms with van der Waals surface area (Å²) in [5.74, 6) is 0.967. The molecule has 10 heavy (non-hydrogen) atoms. The SMILES string of the molecule is C#CC(=O)OOC(C)CC. The molecule has 0 amide bonds. The van der Waals surface area contributed by atoms with Gasteiger partial charge in [-0.15, -0.1) is 6.42 Å². The van der Waals surface area contributed by atoms with Gasteiger partial charge in [0.15, 0.2) is 0 Å². The first-order chi connectivity index (χ1) is 4.70. The van der Waals surface area contributed by atoms with Crippen LogP contribution in [0.2, 0.25) is 0 Å². The molecule has 0 fully saturated rings. The van der Waals surface area contributed by atoms with Gasteiger partial charge in [-0.05, 0) is 13.3 Å². The third kappa shape index (κ3) is 3.93. The lowest BCUT2D eigenvalue weighted by atomic mass is 10.3. The van der Waals surface area contributed by atoms with Crippen LogP contribution in [0.15, 0.2) is 0 Å². The molecule has 0 aromatic heterocycles. The Bertz CT molecular complexity index is 145. The maximum atomic E-state index is 10.2. The Morgan fingerprint density at radius 3 is 2.80 bits per heavy atom. The van der Waals surface area contributed by atoms with Crippen LogP contribution < -0.4 is 0 Å². The van der Waals surface area contributed by atoms with Crippen LogP contribution in [0, 0.1) is 12.3 Å². The van der Waals surface area contributed by atoms with Gasteiger partial charge in [0.05, 0.1) is 0 Å². The van der Waals surface area contributed by atoms with Gasteiger partial charge >= 0.3 is 5.97 Å². The molecule has 1 unspecified atom stereocenters. The number of hydrogen-bond donors (Lipinski definition) is 0. The van der Waals surface area contributed by atoms with Crippen LogP contribution in [0.25, 0.3) is 0 Å². The van der Waals surface area contributed by atoms with Crippen LogP contribution in [0.3, 0.4) is 0 Å². The smallest absolute Gasteiger partial charge is 0.283 e. The van der Waals surface area contributed by atoms with Gasteiger partial charge in [-0.1, -0.05) is 6.92 Å². The zero-order chi connectivity index (χ0) is 7.98. The van der Waals surface area contributed by atoms with Crippen molar-refractivity contribution in [2.24, 2.45) is 0 Å². The Balaban J connectivity index is 3.37. The average Bonchev–Trinajstić information content (AvgIpc) is 1.99. The minimum absolute atomic E-state index is 0.0997. The lowest BCUT2D eigenvalue weighted by Crippen LogP contribution is -2.10. The minimum Gasteiger partial charge on any atom is -0.283 e. The molecule has 0 rings (SSSR count). The maximum Gasteiger partial charge on any atom is 0.416 e. The van der Waals surface area contributed by atoms with Crippen molar-refractivity contribution in [1.82, 2.24) is 0 Å². The van der Waals surface area contributed by atoms with Crippen molar-refractivity contribution in [2.75, 3.05) is 0 Å². The highest BCUT2D eigenvalue weighted by Crippen LogP contribution is 1.95. The van der Waals surface area contributed by atoms with Crippen LogP contribution in [0.4, 0.5) is 0 Å². The van der Waals surface area contributed by atoms with Gasteiger partial charge in [0.1, 0.15) is 6.10 Å². The predicted molar refractivity (Wildman–Crippen MR) is 35.8 cm³/mol. The third-order valence-corrected chi connectivity index (χ3v) is 0.981. The number of terminal acetylenes is 1. The van der Waals surface area contributed by atoms with Crippen LogP contribution in [-0.2, 0) is 14.6 Å². The first-order valence-corrected chi connectivity index (χ1v) is 3.04. The molecule has 0 heterocycles. The second-order valence-corrected chi connectivity index (χ2v) is 1.83. The zero-order valence-electron chi connectivity index (χ0n) is 6.09. The molecule has 0 N–H and O–H groups in total. The zero-order valence-corrected chi connectivity index (χ0v) is 6.09. The number of carbonyl (C=O) groups is 1. The standard InChI is InChI=1S/C7H10O3/c1-4-6(3)9-10-7(8)5-2/h2,6H,4H2,1,3H3. The van der Waals surface area contributed by atoms with Crippen molar-refractivity contribution >= 4 is 5.97 Å². The van der Waals surface area contributed by atoms with Crippen molar-refractivity contribution in [3.8, 4) is 12.3 Å². The summed E-state index contributed by atoms with van der Waals surface area (Å²) in [5.41, 5.74) is 0. The van der Waals surface area contributed by atoms with E-state index in [-0.39, 0.29) is 6.10 Å². The van der Waals surface area contributed by atoms with Gasteiger partial charge in [-0.3, -0.25) is 4.89 Å². The summed E-state index contributed by atoms with van der Waals surface area (Å²) in [5, 5.41) is 0. The first-order valence-electron chi connectivity index (χ1n) is 3.04. The lowest BCUT2D eigenvalue weighted by molar-refractivity contribution is -0.289. The minimum atomic E-state index is -0.791. The second-order valence-electron chi connectivity index (χ2n) is 1.83. The quantitative estimate of drug-likeness (QED) is 0.333. The molecule has 0 aromatic carbocycles. The predicted octanol–water partition coefficient (Wildman–Crippen LogP) is 0.893. The molecule has 56 valence electrons. The Labute approximate surface area is 60.2 Å². The van der Waals surface area contributed by atoms with E-state index < -0.39 is 5.97 Å². The van der Waals surface area contributed by atoms with E-state index in [1.54, 1.807) is 12.8 Å². The van der Waals surface area contributed by atoms with Gasteiger partial charge in [-0.25, -0.2) is 4.79 Å². The maximum absolute atomic E-state index is 10.2. The first kappa shape index (κ1) is 8.99. The van der Waals surface area contributed by atoms with E-state index in [1.165, 1.54) is 0 Å². The molecule has 0 aromatic rings. The monoisotopic (exact) mass is 142 g/mol. The van der Waals surface area contributed by atoms with E-state index in [0.29, 0.717) is 0 Å². The van der Waals surface area contributed by atoms with Gasteiger partial charge in [0.2, 0.25) is 0 Å². The fourth-order valence-electron chi connectivity index (χ4n) is 0.218. The fourth-order valence-corrected chi connectivity index (χ4v) is 0.218. The molecule has 0 radical (unpaired) electrons. The molecule has 0 bridgehead atoms. The Hall–Kier alpha value is -1.01.